The van der Waals surface area contributed by atoms with Crippen LogP contribution < -0.4 is 21.9 Å². The molecule has 5 N–H and O–H groups in total. The summed E-state index contributed by atoms with van der Waals surface area (Å²) in [4.78, 5) is 15.2. The zero-order valence-electron chi connectivity index (χ0n) is 10.2. The number of aliphatic imine (C=N–C) groups is 1. The minimum atomic E-state index is 0.0511. The first-order chi connectivity index (χ1) is 8.26. The highest BCUT2D eigenvalue weighted by molar-refractivity contribution is 5.83. The molecule has 0 radical (unpaired) electrons. The van der Waals surface area contributed by atoms with E-state index >= 15 is 0 Å². The number of hydrogen-bond acceptors (Lipinski definition) is 4. The van der Waals surface area contributed by atoms with Crippen LogP contribution in [0.4, 0.5) is 0 Å². The normalized spacial score (nSPS) is 20.2. The standard InChI is InChI=1S/C10H21N5O2/c1-2-17-5-3-4-12-10(15-11)14-8-6-9(16)13-7-8/h8H,2-7,11H2,1H3,(H,13,16)(H2,12,14,15). The predicted octanol–water partition coefficient (Wildman–Crippen LogP) is -1.29. The molecule has 7 nitrogen and oxygen atoms in total. The number of ether oxygens (including phenoxy) is 1. The van der Waals surface area contributed by atoms with Crippen LogP contribution in [-0.4, -0.2) is 44.2 Å². The highest BCUT2D eigenvalue weighted by atomic mass is 16.5. The Labute approximate surface area is 101 Å². The maximum atomic E-state index is 11.0. The minimum Gasteiger partial charge on any atom is -0.382 e. The maximum absolute atomic E-state index is 11.0. The average molecular weight is 243 g/mol. The molecule has 0 bridgehead atoms. The molecule has 1 rings (SSSR count). The van der Waals surface area contributed by atoms with Gasteiger partial charge in [0.05, 0.1) is 6.04 Å². The fourth-order valence-corrected chi connectivity index (χ4v) is 1.54. The topological polar surface area (TPSA) is 101 Å². The van der Waals surface area contributed by atoms with Crippen LogP contribution in [0.2, 0.25) is 0 Å². The molecule has 1 saturated heterocycles. The van der Waals surface area contributed by atoms with E-state index in [1.54, 1.807) is 0 Å². The van der Waals surface area contributed by atoms with E-state index in [1.807, 2.05) is 6.92 Å². The van der Waals surface area contributed by atoms with Gasteiger partial charge in [0, 0.05) is 32.7 Å². The van der Waals surface area contributed by atoms with Crippen LogP contribution in [0.5, 0.6) is 0 Å². The van der Waals surface area contributed by atoms with E-state index in [1.165, 1.54) is 0 Å². The van der Waals surface area contributed by atoms with Crippen molar-refractivity contribution in [3.63, 3.8) is 0 Å². The fraction of sp³-hybridized carbons (Fsp3) is 0.800. The van der Waals surface area contributed by atoms with Crippen molar-refractivity contribution in [2.24, 2.45) is 10.8 Å². The van der Waals surface area contributed by atoms with Crippen molar-refractivity contribution >= 4 is 11.9 Å². The van der Waals surface area contributed by atoms with Crippen LogP contribution >= 0.6 is 0 Å². The molecule has 0 spiro atoms. The van der Waals surface area contributed by atoms with Gasteiger partial charge in [-0.25, -0.2) is 5.84 Å². The predicted molar refractivity (Wildman–Crippen MR) is 65.3 cm³/mol. The Morgan fingerprint density at radius 1 is 1.71 bits per heavy atom. The average Bonchev–Trinajstić information content (AvgIpc) is 2.73. The molecule has 0 aromatic heterocycles. The zero-order valence-corrected chi connectivity index (χ0v) is 10.2. The highest BCUT2D eigenvalue weighted by Crippen LogP contribution is 1.98. The van der Waals surface area contributed by atoms with Gasteiger partial charge in [-0.3, -0.25) is 15.2 Å². The number of nitrogens with zero attached hydrogens (tertiary/aromatic N) is 1. The van der Waals surface area contributed by atoms with E-state index in [-0.39, 0.29) is 11.9 Å². The van der Waals surface area contributed by atoms with E-state index in [2.05, 4.69) is 21.1 Å². The molecule has 17 heavy (non-hydrogen) atoms. The lowest BCUT2D eigenvalue weighted by atomic mass is 10.2. The van der Waals surface area contributed by atoms with Gasteiger partial charge in [0.2, 0.25) is 11.9 Å². The molecule has 1 aliphatic rings. The molecule has 1 unspecified atom stereocenters. The first-order valence-corrected chi connectivity index (χ1v) is 5.88. The van der Waals surface area contributed by atoms with Gasteiger partial charge in [-0.15, -0.1) is 0 Å². The lowest BCUT2D eigenvalue weighted by Crippen LogP contribution is -2.47. The van der Waals surface area contributed by atoms with Gasteiger partial charge < -0.3 is 15.4 Å². The first-order valence-electron chi connectivity index (χ1n) is 5.88. The number of amides is 1. The minimum absolute atomic E-state index is 0.0511. The second kappa shape index (κ2) is 7.86. The number of carbonyl (C=O) groups excluding carboxylic acids is 1. The molecular weight excluding hydrogens is 222 g/mol. The third kappa shape index (κ3) is 5.50. The number of hydrogen-bond donors (Lipinski definition) is 4. The van der Waals surface area contributed by atoms with E-state index in [9.17, 15) is 4.79 Å². The van der Waals surface area contributed by atoms with E-state index in [4.69, 9.17) is 10.6 Å². The quantitative estimate of drug-likeness (QED) is 0.153. The fourth-order valence-electron chi connectivity index (χ4n) is 1.54. The smallest absolute Gasteiger partial charge is 0.222 e. The van der Waals surface area contributed by atoms with Crippen LogP contribution in [0.1, 0.15) is 19.8 Å². The lowest BCUT2D eigenvalue weighted by molar-refractivity contribution is -0.119. The van der Waals surface area contributed by atoms with Crippen molar-refractivity contribution in [1.29, 1.82) is 0 Å². The first kappa shape index (κ1) is 13.7. The molecule has 0 saturated carbocycles. The summed E-state index contributed by atoms with van der Waals surface area (Å²) in [6.07, 6.45) is 1.31. The number of carbonyl (C=O) groups is 1. The van der Waals surface area contributed by atoms with Crippen molar-refractivity contribution in [2.75, 3.05) is 26.3 Å². The van der Waals surface area contributed by atoms with Crippen molar-refractivity contribution in [2.45, 2.75) is 25.8 Å². The Balaban J connectivity index is 2.22. The Bertz CT molecular complexity index is 269. The number of nitrogens with two attached hydrogens (primary N) is 1. The van der Waals surface area contributed by atoms with Crippen LogP contribution in [0, 0.1) is 0 Å². The summed E-state index contributed by atoms with van der Waals surface area (Å²) < 4.78 is 5.20. The third-order valence-corrected chi connectivity index (χ3v) is 2.38. The molecule has 98 valence electrons. The Kier molecular flexibility index (Phi) is 6.34. The van der Waals surface area contributed by atoms with Gasteiger partial charge in [-0.1, -0.05) is 0 Å². The molecule has 1 aliphatic heterocycles. The van der Waals surface area contributed by atoms with Crippen LogP contribution in [0.15, 0.2) is 4.99 Å². The van der Waals surface area contributed by atoms with Crippen molar-refractivity contribution in [3.8, 4) is 0 Å². The molecule has 1 atom stereocenters. The summed E-state index contributed by atoms with van der Waals surface area (Å²) in [5.74, 6) is 5.91. The largest absolute Gasteiger partial charge is 0.382 e. The van der Waals surface area contributed by atoms with Crippen LogP contribution in [0.3, 0.4) is 0 Å². The number of nitrogens with one attached hydrogen (secondary N) is 3. The van der Waals surface area contributed by atoms with Gasteiger partial charge in [-0.2, -0.15) is 0 Å². The monoisotopic (exact) mass is 243 g/mol. The van der Waals surface area contributed by atoms with Gasteiger partial charge in [0.15, 0.2) is 0 Å². The molecule has 7 heteroatoms. The summed E-state index contributed by atoms with van der Waals surface area (Å²) in [6.45, 7) is 4.63. The third-order valence-electron chi connectivity index (χ3n) is 2.38. The van der Waals surface area contributed by atoms with Gasteiger partial charge in [0.1, 0.15) is 0 Å². The summed E-state index contributed by atoms with van der Waals surface area (Å²) in [5, 5.41) is 5.81. The molecule has 1 fully saturated rings. The SMILES string of the molecule is CCOCCCN=C(NN)NC1CNC(=O)C1. The second-order valence-corrected chi connectivity index (χ2v) is 3.77. The summed E-state index contributed by atoms with van der Waals surface area (Å²) in [6, 6.07) is 0.0594. The lowest BCUT2D eigenvalue weighted by Gasteiger charge is -2.13. The molecule has 1 heterocycles. The van der Waals surface area contributed by atoms with E-state index in [0.717, 1.165) is 13.0 Å². The van der Waals surface area contributed by atoms with Crippen molar-refractivity contribution in [3.05, 3.63) is 0 Å². The summed E-state index contributed by atoms with van der Waals surface area (Å²) in [7, 11) is 0. The van der Waals surface area contributed by atoms with E-state index in [0.29, 0.717) is 32.1 Å². The van der Waals surface area contributed by atoms with Crippen LogP contribution in [0.25, 0.3) is 0 Å². The Hall–Kier alpha value is -1.34. The molecule has 0 aromatic carbocycles. The zero-order chi connectivity index (χ0) is 12.5. The summed E-state index contributed by atoms with van der Waals surface area (Å²) >= 11 is 0. The second-order valence-electron chi connectivity index (χ2n) is 3.77. The molecular formula is C10H21N5O2. The highest BCUT2D eigenvalue weighted by Gasteiger charge is 2.21. The van der Waals surface area contributed by atoms with Crippen molar-refractivity contribution in [1.82, 2.24) is 16.1 Å². The van der Waals surface area contributed by atoms with Gasteiger partial charge in [-0.05, 0) is 13.3 Å². The Morgan fingerprint density at radius 2 is 2.53 bits per heavy atom. The molecule has 1 amide bonds. The van der Waals surface area contributed by atoms with Gasteiger partial charge in [0.25, 0.3) is 0 Å². The molecule has 0 aromatic rings. The number of guanidine groups is 1. The molecule has 0 aliphatic carbocycles. The number of hydrazine groups is 1. The maximum Gasteiger partial charge on any atom is 0.222 e. The van der Waals surface area contributed by atoms with E-state index < -0.39 is 0 Å². The van der Waals surface area contributed by atoms with Crippen molar-refractivity contribution < 1.29 is 9.53 Å². The van der Waals surface area contributed by atoms with Crippen LogP contribution in [-0.2, 0) is 9.53 Å². The Morgan fingerprint density at radius 3 is 3.12 bits per heavy atom. The number of rotatable bonds is 6. The van der Waals surface area contributed by atoms with Gasteiger partial charge >= 0.3 is 0 Å². The summed E-state index contributed by atoms with van der Waals surface area (Å²) in [5.41, 5.74) is 2.49.